The van der Waals surface area contributed by atoms with E-state index in [1.807, 2.05) is 6.92 Å². The van der Waals surface area contributed by atoms with Crippen LogP contribution in [-0.2, 0) is 10.0 Å². The van der Waals surface area contributed by atoms with E-state index in [-0.39, 0.29) is 16.5 Å². The normalized spacial score (nSPS) is 20.8. The summed E-state index contributed by atoms with van der Waals surface area (Å²) in [5, 5.41) is 11.0. The minimum absolute atomic E-state index is 0.169. The van der Waals surface area contributed by atoms with Crippen LogP contribution in [0.5, 0.6) is 0 Å². The fourth-order valence-electron chi connectivity index (χ4n) is 2.40. The van der Waals surface area contributed by atoms with Crippen molar-refractivity contribution in [3.63, 3.8) is 0 Å². The van der Waals surface area contributed by atoms with Gasteiger partial charge in [-0.2, -0.15) is 4.31 Å². The molecular formula is C12H17N3O4S. The minimum atomic E-state index is -3.85. The van der Waals surface area contributed by atoms with Gasteiger partial charge >= 0.3 is 0 Å². The lowest BCUT2D eigenvalue weighted by molar-refractivity contribution is -0.387. The number of nitrogen functional groups attached to an aromatic ring is 1. The molecular weight excluding hydrogens is 282 g/mol. The van der Waals surface area contributed by atoms with E-state index in [0.29, 0.717) is 13.1 Å². The fourth-order valence-corrected chi connectivity index (χ4v) is 4.14. The first kappa shape index (κ1) is 14.7. The Morgan fingerprint density at radius 2 is 2.15 bits per heavy atom. The number of hydrogen-bond acceptors (Lipinski definition) is 5. The maximum Gasteiger partial charge on any atom is 0.291 e. The van der Waals surface area contributed by atoms with Crippen molar-refractivity contribution in [1.82, 2.24) is 4.31 Å². The monoisotopic (exact) mass is 299 g/mol. The summed E-state index contributed by atoms with van der Waals surface area (Å²) in [4.78, 5) is 10.0. The molecule has 110 valence electrons. The lowest BCUT2D eigenvalue weighted by atomic mass is 10.0. The molecule has 0 aromatic heterocycles. The van der Waals surface area contributed by atoms with Crippen LogP contribution >= 0.6 is 0 Å². The summed E-state index contributed by atoms with van der Waals surface area (Å²) in [6, 6.07) is 3.66. The smallest absolute Gasteiger partial charge is 0.291 e. The number of piperidine rings is 1. The number of sulfonamides is 1. The van der Waals surface area contributed by atoms with Crippen LogP contribution < -0.4 is 5.73 Å². The van der Waals surface area contributed by atoms with Gasteiger partial charge in [0.1, 0.15) is 0 Å². The van der Waals surface area contributed by atoms with Crippen molar-refractivity contribution in [1.29, 1.82) is 0 Å². The molecule has 1 aromatic rings. The zero-order valence-electron chi connectivity index (χ0n) is 11.2. The van der Waals surface area contributed by atoms with E-state index in [4.69, 9.17) is 5.73 Å². The van der Waals surface area contributed by atoms with Gasteiger partial charge in [0.05, 0.1) is 4.92 Å². The maximum absolute atomic E-state index is 12.6. The number of nitrogens with two attached hydrogens (primary N) is 1. The number of nitro groups is 1. The van der Waals surface area contributed by atoms with Crippen molar-refractivity contribution in [2.24, 2.45) is 5.92 Å². The number of benzene rings is 1. The SMILES string of the molecule is CC1CCCN(S(=O)(=O)c2ccc(N)cc2[N+](=O)[O-])C1. The summed E-state index contributed by atoms with van der Waals surface area (Å²) in [5.41, 5.74) is 5.20. The van der Waals surface area contributed by atoms with Gasteiger partial charge in [0, 0.05) is 24.8 Å². The molecule has 1 aromatic carbocycles. The number of hydrogen-bond donors (Lipinski definition) is 1. The Morgan fingerprint density at radius 1 is 1.45 bits per heavy atom. The Morgan fingerprint density at radius 3 is 2.75 bits per heavy atom. The summed E-state index contributed by atoms with van der Waals surface area (Å²) >= 11 is 0. The van der Waals surface area contributed by atoms with Crippen molar-refractivity contribution >= 4 is 21.4 Å². The molecule has 0 spiro atoms. The van der Waals surface area contributed by atoms with E-state index in [9.17, 15) is 18.5 Å². The molecule has 20 heavy (non-hydrogen) atoms. The molecule has 8 heteroatoms. The molecule has 2 N–H and O–H groups in total. The Labute approximate surface area is 117 Å². The van der Waals surface area contributed by atoms with Crippen LogP contribution in [-0.4, -0.2) is 30.7 Å². The van der Waals surface area contributed by atoms with E-state index in [2.05, 4.69) is 0 Å². The van der Waals surface area contributed by atoms with Crippen LogP contribution in [0.4, 0.5) is 11.4 Å². The minimum Gasteiger partial charge on any atom is -0.399 e. The molecule has 0 radical (unpaired) electrons. The highest BCUT2D eigenvalue weighted by molar-refractivity contribution is 7.89. The van der Waals surface area contributed by atoms with Crippen LogP contribution in [0, 0.1) is 16.0 Å². The first-order chi connectivity index (χ1) is 9.32. The highest BCUT2D eigenvalue weighted by atomic mass is 32.2. The molecule has 1 atom stereocenters. The van der Waals surface area contributed by atoms with Crippen molar-refractivity contribution in [3.05, 3.63) is 28.3 Å². The summed E-state index contributed by atoms with van der Waals surface area (Å²) < 4.78 is 26.4. The zero-order valence-corrected chi connectivity index (χ0v) is 12.0. The number of rotatable bonds is 3. The van der Waals surface area contributed by atoms with E-state index < -0.39 is 20.6 Å². The Balaban J connectivity index is 2.46. The second-order valence-electron chi connectivity index (χ2n) is 5.09. The van der Waals surface area contributed by atoms with Gasteiger partial charge in [-0.3, -0.25) is 10.1 Å². The summed E-state index contributed by atoms with van der Waals surface area (Å²) in [7, 11) is -3.85. The maximum atomic E-state index is 12.6. The van der Waals surface area contributed by atoms with Crippen molar-refractivity contribution in [3.8, 4) is 0 Å². The first-order valence-corrected chi connectivity index (χ1v) is 7.80. The van der Waals surface area contributed by atoms with Gasteiger partial charge in [0.15, 0.2) is 4.90 Å². The summed E-state index contributed by atoms with van der Waals surface area (Å²) in [6.45, 7) is 2.76. The van der Waals surface area contributed by atoms with Crippen molar-refractivity contribution < 1.29 is 13.3 Å². The van der Waals surface area contributed by atoms with Crippen LogP contribution in [0.15, 0.2) is 23.1 Å². The molecule has 7 nitrogen and oxygen atoms in total. The standard InChI is InChI=1S/C12H17N3O4S/c1-9-3-2-6-14(8-9)20(18,19)12-5-4-10(13)7-11(12)15(16)17/h4-5,7,9H,2-3,6,8,13H2,1H3. The molecule has 1 fully saturated rings. The molecule has 0 bridgehead atoms. The van der Waals surface area contributed by atoms with Gasteiger partial charge in [-0.05, 0) is 30.9 Å². The molecule has 0 aliphatic carbocycles. The summed E-state index contributed by atoms with van der Waals surface area (Å²) in [5.74, 6) is 0.256. The summed E-state index contributed by atoms with van der Waals surface area (Å²) in [6.07, 6.45) is 1.74. The predicted molar refractivity (Wildman–Crippen MR) is 74.7 cm³/mol. The second kappa shape index (κ2) is 5.37. The number of nitrogens with zero attached hydrogens (tertiary/aromatic N) is 2. The van der Waals surface area contributed by atoms with E-state index >= 15 is 0 Å². The molecule has 0 saturated carbocycles. The highest BCUT2D eigenvalue weighted by Gasteiger charge is 2.33. The van der Waals surface area contributed by atoms with Gasteiger partial charge in [0.25, 0.3) is 5.69 Å². The fraction of sp³-hybridized carbons (Fsp3) is 0.500. The number of nitro benzene ring substituents is 1. The molecule has 1 aliphatic rings. The third-order valence-electron chi connectivity index (χ3n) is 3.42. The van der Waals surface area contributed by atoms with Crippen molar-refractivity contribution in [2.45, 2.75) is 24.7 Å². The Bertz CT molecular complexity index is 630. The van der Waals surface area contributed by atoms with Gasteiger partial charge in [-0.1, -0.05) is 6.92 Å². The molecule has 1 heterocycles. The van der Waals surface area contributed by atoms with E-state index in [1.54, 1.807) is 0 Å². The Hall–Kier alpha value is -1.67. The molecule has 2 rings (SSSR count). The lowest BCUT2D eigenvalue weighted by Crippen LogP contribution is -2.39. The van der Waals surface area contributed by atoms with Gasteiger partial charge < -0.3 is 5.73 Å². The van der Waals surface area contributed by atoms with E-state index in [1.165, 1.54) is 16.4 Å². The van der Waals surface area contributed by atoms with Crippen molar-refractivity contribution in [2.75, 3.05) is 18.8 Å². The van der Waals surface area contributed by atoms with E-state index in [0.717, 1.165) is 18.9 Å². The van der Waals surface area contributed by atoms with Gasteiger partial charge in [-0.15, -0.1) is 0 Å². The molecule has 1 aliphatic heterocycles. The lowest BCUT2D eigenvalue weighted by Gasteiger charge is -2.29. The topological polar surface area (TPSA) is 107 Å². The average molecular weight is 299 g/mol. The van der Waals surface area contributed by atoms with Crippen LogP contribution in [0.1, 0.15) is 19.8 Å². The average Bonchev–Trinajstić information content (AvgIpc) is 2.38. The second-order valence-corrected chi connectivity index (χ2v) is 7.00. The number of anilines is 1. The highest BCUT2D eigenvalue weighted by Crippen LogP contribution is 2.30. The Kier molecular flexibility index (Phi) is 3.96. The third-order valence-corrected chi connectivity index (χ3v) is 5.33. The quantitative estimate of drug-likeness (QED) is 0.518. The molecule has 0 amide bonds. The predicted octanol–water partition coefficient (Wildman–Crippen LogP) is 1.60. The van der Waals surface area contributed by atoms with Crippen LogP contribution in [0.2, 0.25) is 0 Å². The zero-order chi connectivity index (χ0) is 14.9. The van der Waals surface area contributed by atoms with Gasteiger partial charge in [0.2, 0.25) is 10.0 Å². The largest absolute Gasteiger partial charge is 0.399 e. The molecule has 1 unspecified atom stereocenters. The van der Waals surface area contributed by atoms with Crippen LogP contribution in [0.3, 0.4) is 0 Å². The van der Waals surface area contributed by atoms with Gasteiger partial charge in [-0.25, -0.2) is 8.42 Å². The first-order valence-electron chi connectivity index (χ1n) is 6.36. The van der Waals surface area contributed by atoms with Crippen LogP contribution in [0.25, 0.3) is 0 Å². The third kappa shape index (κ3) is 2.75. The molecule has 1 saturated heterocycles.